The normalized spacial score (nSPS) is 10.9. The van der Waals surface area contributed by atoms with E-state index in [0.717, 1.165) is 9.87 Å². The summed E-state index contributed by atoms with van der Waals surface area (Å²) in [6.45, 7) is 0.224. The van der Waals surface area contributed by atoms with E-state index in [1.54, 1.807) is 74.9 Å². The van der Waals surface area contributed by atoms with Gasteiger partial charge in [0.15, 0.2) is 0 Å². The van der Waals surface area contributed by atoms with Crippen molar-refractivity contribution in [3.8, 4) is 11.5 Å². The Balaban J connectivity index is 1.78. The molecule has 1 amide bonds. The number of nitrogens with one attached hydrogen (secondary N) is 1. The van der Waals surface area contributed by atoms with Crippen LogP contribution in [0, 0.1) is 0 Å². The Hall–Kier alpha value is -3.52. The molecule has 0 radical (unpaired) electrons. The van der Waals surface area contributed by atoms with Crippen LogP contribution in [-0.4, -0.2) is 35.6 Å². The molecule has 0 spiro atoms. The average molecular weight is 441 g/mol. The number of amides is 1. The lowest BCUT2D eigenvalue weighted by atomic mass is 10.1. The zero-order valence-electron chi connectivity index (χ0n) is 17.5. The van der Waals surface area contributed by atoms with Crippen LogP contribution in [0.4, 0.5) is 5.69 Å². The second-order valence-electron chi connectivity index (χ2n) is 6.70. The molecule has 1 N–H and O–H groups in total. The number of rotatable bonds is 8. The first kappa shape index (κ1) is 22.2. The van der Waals surface area contributed by atoms with E-state index in [0.29, 0.717) is 22.7 Å². The summed E-state index contributed by atoms with van der Waals surface area (Å²) in [4.78, 5) is 12.9. The molecule has 0 aromatic heterocycles. The highest BCUT2D eigenvalue weighted by Crippen LogP contribution is 2.25. The molecule has 7 nitrogen and oxygen atoms in total. The monoisotopic (exact) mass is 440 g/mol. The summed E-state index contributed by atoms with van der Waals surface area (Å²) in [5, 5.41) is 2.84. The topological polar surface area (TPSA) is 84.9 Å². The van der Waals surface area contributed by atoms with Crippen molar-refractivity contribution in [2.24, 2.45) is 0 Å². The number of benzene rings is 3. The molecule has 3 rings (SSSR count). The van der Waals surface area contributed by atoms with Gasteiger partial charge in [0.1, 0.15) is 11.5 Å². The maximum absolute atomic E-state index is 12.9. The van der Waals surface area contributed by atoms with Gasteiger partial charge in [-0.3, -0.25) is 9.10 Å². The van der Waals surface area contributed by atoms with Crippen LogP contribution in [0.5, 0.6) is 11.5 Å². The lowest BCUT2D eigenvalue weighted by Crippen LogP contribution is -2.27. The Morgan fingerprint density at radius 3 is 2.35 bits per heavy atom. The Kier molecular flexibility index (Phi) is 6.81. The third-order valence-electron chi connectivity index (χ3n) is 4.80. The van der Waals surface area contributed by atoms with Gasteiger partial charge in [-0.1, -0.05) is 24.3 Å². The van der Waals surface area contributed by atoms with Gasteiger partial charge in [-0.15, -0.1) is 0 Å². The van der Waals surface area contributed by atoms with Gasteiger partial charge >= 0.3 is 0 Å². The minimum atomic E-state index is -3.74. The van der Waals surface area contributed by atoms with Crippen molar-refractivity contribution in [1.82, 2.24) is 5.32 Å². The zero-order valence-corrected chi connectivity index (χ0v) is 18.3. The maximum Gasteiger partial charge on any atom is 0.264 e. The van der Waals surface area contributed by atoms with Gasteiger partial charge in [-0.05, 0) is 48.5 Å². The number of nitrogens with zero attached hydrogens (tertiary/aromatic N) is 1. The molecular formula is C23H24N2O5S. The van der Waals surface area contributed by atoms with Crippen LogP contribution < -0.4 is 19.1 Å². The third kappa shape index (κ3) is 4.97. The Bertz CT molecular complexity index is 1160. The number of ether oxygens (including phenoxy) is 2. The lowest BCUT2D eigenvalue weighted by Gasteiger charge is -2.20. The van der Waals surface area contributed by atoms with Crippen LogP contribution in [-0.2, 0) is 16.6 Å². The van der Waals surface area contributed by atoms with Crippen molar-refractivity contribution in [1.29, 1.82) is 0 Å². The molecule has 0 aliphatic carbocycles. The lowest BCUT2D eigenvalue weighted by molar-refractivity contribution is 0.0950. The molecule has 31 heavy (non-hydrogen) atoms. The second-order valence-corrected chi connectivity index (χ2v) is 8.67. The van der Waals surface area contributed by atoms with E-state index >= 15 is 0 Å². The van der Waals surface area contributed by atoms with E-state index in [-0.39, 0.29) is 17.3 Å². The number of sulfonamides is 1. The summed E-state index contributed by atoms with van der Waals surface area (Å²) in [6, 6.07) is 19.9. The Morgan fingerprint density at radius 2 is 1.68 bits per heavy atom. The quantitative estimate of drug-likeness (QED) is 0.580. The standard InChI is InChI=1S/C23H24N2O5S/c1-25(31(27,28)21-10-5-4-6-11-21)19-9-7-8-17(14-19)23(26)24-16-18-15-20(29-2)12-13-22(18)30-3/h4-15H,16H2,1-3H3,(H,24,26). The Morgan fingerprint density at radius 1 is 0.935 bits per heavy atom. The predicted molar refractivity (Wildman–Crippen MR) is 119 cm³/mol. The minimum Gasteiger partial charge on any atom is -0.497 e. The molecule has 3 aromatic rings. The van der Waals surface area contributed by atoms with Crippen molar-refractivity contribution in [2.75, 3.05) is 25.6 Å². The smallest absolute Gasteiger partial charge is 0.264 e. The molecule has 0 saturated heterocycles. The number of methoxy groups -OCH3 is 2. The third-order valence-corrected chi connectivity index (χ3v) is 6.60. The van der Waals surface area contributed by atoms with Crippen molar-refractivity contribution in [2.45, 2.75) is 11.4 Å². The summed E-state index contributed by atoms with van der Waals surface area (Å²) in [6.07, 6.45) is 0. The van der Waals surface area contributed by atoms with Crippen LogP contribution in [0.2, 0.25) is 0 Å². The predicted octanol–water partition coefficient (Wildman–Crippen LogP) is 3.46. The van der Waals surface area contributed by atoms with Crippen molar-refractivity contribution in [3.05, 3.63) is 83.9 Å². The summed E-state index contributed by atoms with van der Waals surface area (Å²) >= 11 is 0. The molecule has 0 heterocycles. The number of hydrogen-bond acceptors (Lipinski definition) is 5. The van der Waals surface area contributed by atoms with Crippen LogP contribution >= 0.6 is 0 Å². The molecule has 0 saturated carbocycles. The van der Waals surface area contributed by atoms with Crippen LogP contribution in [0.25, 0.3) is 0 Å². The first-order valence-corrected chi connectivity index (χ1v) is 10.9. The summed E-state index contributed by atoms with van der Waals surface area (Å²) in [5.41, 5.74) is 1.49. The Labute approximate surface area is 182 Å². The van der Waals surface area contributed by atoms with Gasteiger partial charge in [0.05, 0.1) is 24.8 Å². The molecule has 0 fully saturated rings. The fourth-order valence-corrected chi connectivity index (χ4v) is 4.24. The van der Waals surface area contributed by atoms with E-state index in [1.807, 2.05) is 0 Å². The molecule has 0 aliphatic rings. The molecular weight excluding hydrogens is 416 g/mol. The zero-order chi connectivity index (χ0) is 22.4. The van der Waals surface area contributed by atoms with Crippen molar-refractivity contribution < 1.29 is 22.7 Å². The first-order valence-electron chi connectivity index (χ1n) is 9.50. The maximum atomic E-state index is 12.9. The molecule has 8 heteroatoms. The van der Waals surface area contributed by atoms with E-state index < -0.39 is 10.0 Å². The second kappa shape index (κ2) is 9.53. The van der Waals surface area contributed by atoms with E-state index in [4.69, 9.17) is 9.47 Å². The first-order chi connectivity index (χ1) is 14.9. The van der Waals surface area contributed by atoms with Crippen molar-refractivity contribution >= 4 is 21.6 Å². The molecule has 0 atom stereocenters. The summed E-state index contributed by atoms with van der Waals surface area (Å²) in [7, 11) is 0.844. The number of anilines is 1. The summed E-state index contributed by atoms with van der Waals surface area (Å²) in [5.74, 6) is 0.945. The fourth-order valence-electron chi connectivity index (χ4n) is 3.03. The summed E-state index contributed by atoms with van der Waals surface area (Å²) < 4.78 is 37.4. The van der Waals surface area contributed by atoms with E-state index in [2.05, 4.69) is 5.32 Å². The van der Waals surface area contributed by atoms with E-state index in [9.17, 15) is 13.2 Å². The van der Waals surface area contributed by atoms with Gasteiger partial charge in [-0.25, -0.2) is 8.42 Å². The average Bonchev–Trinajstić information content (AvgIpc) is 2.82. The van der Waals surface area contributed by atoms with E-state index in [1.165, 1.54) is 19.2 Å². The molecule has 3 aromatic carbocycles. The van der Waals surface area contributed by atoms with Crippen LogP contribution in [0.15, 0.2) is 77.7 Å². The number of hydrogen-bond donors (Lipinski definition) is 1. The van der Waals surface area contributed by atoms with Gasteiger partial charge in [-0.2, -0.15) is 0 Å². The highest BCUT2D eigenvalue weighted by Gasteiger charge is 2.21. The van der Waals surface area contributed by atoms with Crippen LogP contribution in [0.3, 0.4) is 0 Å². The van der Waals surface area contributed by atoms with Gasteiger partial charge in [0.25, 0.3) is 15.9 Å². The van der Waals surface area contributed by atoms with Gasteiger partial charge < -0.3 is 14.8 Å². The molecule has 162 valence electrons. The van der Waals surface area contributed by atoms with Gasteiger partial charge in [0.2, 0.25) is 0 Å². The highest BCUT2D eigenvalue weighted by atomic mass is 32.2. The number of carbonyl (C=O) groups excluding carboxylic acids is 1. The minimum absolute atomic E-state index is 0.178. The number of carbonyl (C=O) groups is 1. The largest absolute Gasteiger partial charge is 0.497 e. The van der Waals surface area contributed by atoms with Crippen molar-refractivity contribution in [3.63, 3.8) is 0 Å². The molecule has 0 aliphatic heterocycles. The highest BCUT2D eigenvalue weighted by molar-refractivity contribution is 7.92. The van der Waals surface area contributed by atoms with Gasteiger partial charge in [0, 0.05) is 24.7 Å². The van der Waals surface area contributed by atoms with Crippen LogP contribution in [0.1, 0.15) is 15.9 Å². The molecule has 0 bridgehead atoms. The SMILES string of the molecule is COc1ccc(OC)c(CNC(=O)c2cccc(N(C)S(=O)(=O)c3ccccc3)c2)c1. The fraction of sp³-hybridized carbons (Fsp3) is 0.174. The molecule has 0 unspecified atom stereocenters.